The van der Waals surface area contributed by atoms with Crippen LogP contribution in [0.5, 0.6) is 0 Å². The lowest BCUT2D eigenvalue weighted by atomic mass is 10.2. The first kappa shape index (κ1) is 16.2. The molecule has 0 bridgehead atoms. The number of carbonyl (C=O) groups is 1. The number of anilines is 1. The molecular formula is C20H26N4O. The first-order chi connectivity index (χ1) is 12.2. The third-order valence-corrected chi connectivity index (χ3v) is 5.33. The zero-order valence-electron chi connectivity index (χ0n) is 14.9. The summed E-state index contributed by atoms with van der Waals surface area (Å²) in [5.41, 5.74) is 3.54. The van der Waals surface area contributed by atoms with Crippen molar-refractivity contribution in [3.05, 3.63) is 42.5 Å². The van der Waals surface area contributed by atoms with Crippen LogP contribution in [0.25, 0.3) is 5.69 Å². The fraction of sp³-hybridized carbons (Fsp3) is 0.500. The number of aromatic nitrogens is 2. The molecular weight excluding hydrogens is 312 g/mol. The molecule has 0 atom stereocenters. The Balaban J connectivity index is 1.41. The number of pyridine rings is 1. The summed E-state index contributed by atoms with van der Waals surface area (Å²) in [6, 6.07) is 4.17. The van der Waals surface area contributed by atoms with Gasteiger partial charge in [0.05, 0.1) is 17.6 Å². The van der Waals surface area contributed by atoms with Crippen LogP contribution >= 0.6 is 0 Å². The van der Waals surface area contributed by atoms with Crippen molar-refractivity contribution in [2.24, 2.45) is 5.92 Å². The summed E-state index contributed by atoms with van der Waals surface area (Å²) >= 11 is 0. The van der Waals surface area contributed by atoms with E-state index in [1.807, 2.05) is 17.3 Å². The van der Waals surface area contributed by atoms with Gasteiger partial charge in [-0.3, -0.25) is 9.78 Å². The van der Waals surface area contributed by atoms with Gasteiger partial charge in [-0.05, 0) is 37.0 Å². The third kappa shape index (κ3) is 3.70. The van der Waals surface area contributed by atoms with Crippen molar-refractivity contribution in [1.29, 1.82) is 0 Å². The summed E-state index contributed by atoms with van der Waals surface area (Å²) in [6.45, 7) is 5.46. The minimum atomic E-state index is 0.332. The first-order valence-electron chi connectivity index (χ1n) is 9.32. The largest absolute Gasteiger partial charge is 0.365 e. The molecule has 1 amide bonds. The van der Waals surface area contributed by atoms with E-state index in [0.29, 0.717) is 5.91 Å². The van der Waals surface area contributed by atoms with E-state index >= 15 is 0 Å². The molecule has 25 heavy (non-hydrogen) atoms. The molecule has 5 heteroatoms. The van der Waals surface area contributed by atoms with Crippen LogP contribution in [0.1, 0.15) is 31.2 Å². The molecule has 0 N–H and O–H groups in total. The molecule has 4 rings (SSSR count). The molecule has 2 fully saturated rings. The maximum atomic E-state index is 12.4. The molecule has 1 saturated carbocycles. The van der Waals surface area contributed by atoms with Crippen LogP contribution in [0.3, 0.4) is 0 Å². The van der Waals surface area contributed by atoms with Crippen LogP contribution in [0.4, 0.5) is 5.69 Å². The number of hydrogen-bond donors (Lipinski definition) is 0. The molecule has 2 aromatic rings. The number of aryl methyl sites for hydroxylation is 1. The summed E-state index contributed by atoms with van der Waals surface area (Å²) in [5, 5.41) is 0. The molecule has 0 unspecified atom stereocenters. The summed E-state index contributed by atoms with van der Waals surface area (Å²) < 4.78 is 2.15. The van der Waals surface area contributed by atoms with Crippen molar-refractivity contribution < 1.29 is 4.79 Å². The van der Waals surface area contributed by atoms with Gasteiger partial charge in [-0.15, -0.1) is 0 Å². The van der Waals surface area contributed by atoms with E-state index in [2.05, 4.69) is 45.9 Å². The monoisotopic (exact) mass is 338 g/mol. The molecule has 1 aliphatic carbocycles. The summed E-state index contributed by atoms with van der Waals surface area (Å²) in [6.07, 6.45) is 12.5. The average Bonchev–Trinajstić information content (AvgIpc) is 3.39. The summed E-state index contributed by atoms with van der Waals surface area (Å²) in [7, 11) is 0. The van der Waals surface area contributed by atoms with Crippen LogP contribution in [0, 0.1) is 12.8 Å². The normalized spacial score (nSPS) is 17.8. The van der Waals surface area contributed by atoms with Gasteiger partial charge in [0.1, 0.15) is 0 Å². The highest BCUT2D eigenvalue weighted by Crippen LogP contribution is 2.33. The van der Waals surface area contributed by atoms with E-state index in [0.717, 1.165) is 56.3 Å². The van der Waals surface area contributed by atoms with E-state index in [4.69, 9.17) is 0 Å². The zero-order chi connectivity index (χ0) is 17.2. The van der Waals surface area contributed by atoms with Crippen LogP contribution < -0.4 is 4.90 Å². The number of rotatable bonds is 5. The summed E-state index contributed by atoms with van der Waals surface area (Å²) in [4.78, 5) is 21.1. The fourth-order valence-corrected chi connectivity index (χ4v) is 3.58. The van der Waals surface area contributed by atoms with Crippen LogP contribution in [0.2, 0.25) is 0 Å². The second-order valence-corrected chi connectivity index (χ2v) is 7.31. The Morgan fingerprint density at radius 2 is 1.96 bits per heavy atom. The Labute approximate surface area is 149 Å². The quantitative estimate of drug-likeness (QED) is 0.841. The van der Waals surface area contributed by atoms with E-state index in [-0.39, 0.29) is 0 Å². The molecule has 3 heterocycles. The summed E-state index contributed by atoms with van der Waals surface area (Å²) in [5.74, 6) is 1.16. The topological polar surface area (TPSA) is 41.4 Å². The molecule has 2 aromatic heterocycles. The second kappa shape index (κ2) is 6.90. The lowest BCUT2D eigenvalue weighted by Gasteiger charge is -2.36. The maximum absolute atomic E-state index is 12.4. The molecule has 5 nitrogen and oxygen atoms in total. The molecule has 0 radical (unpaired) electrons. The highest BCUT2D eigenvalue weighted by molar-refractivity contribution is 5.76. The van der Waals surface area contributed by atoms with E-state index in [9.17, 15) is 4.79 Å². The van der Waals surface area contributed by atoms with Crippen molar-refractivity contribution >= 4 is 11.6 Å². The number of carbonyl (C=O) groups excluding carboxylic acids is 1. The molecule has 0 aromatic carbocycles. The third-order valence-electron chi connectivity index (χ3n) is 5.33. The minimum Gasteiger partial charge on any atom is -0.365 e. The Hall–Kier alpha value is -2.30. The highest BCUT2D eigenvalue weighted by Gasteiger charge is 2.26. The first-order valence-corrected chi connectivity index (χ1v) is 9.32. The van der Waals surface area contributed by atoms with Crippen molar-refractivity contribution in [3.63, 3.8) is 0 Å². The van der Waals surface area contributed by atoms with Gasteiger partial charge in [0.25, 0.3) is 0 Å². The maximum Gasteiger partial charge on any atom is 0.222 e. The van der Waals surface area contributed by atoms with Crippen molar-refractivity contribution in [3.8, 4) is 5.69 Å². The standard InChI is InChI=1S/C20H26N4O/c1-16-7-9-24(15-16)18-6-8-21-14-19(18)22-10-12-23(13-11-22)20(25)5-4-17-2-3-17/h6-9,14-15,17H,2-5,10-13H2,1H3. The number of nitrogens with zero attached hydrogens (tertiary/aromatic N) is 4. The van der Waals surface area contributed by atoms with E-state index in [1.54, 1.807) is 0 Å². The van der Waals surface area contributed by atoms with Crippen molar-refractivity contribution in [2.45, 2.75) is 32.6 Å². The highest BCUT2D eigenvalue weighted by atomic mass is 16.2. The Morgan fingerprint density at radius 3 is 2.64 bits per heavy atom. The lowest BCUT2D eigenvalue weighted by molar-refractivity contribution is -0.131. The van der Waals surface area contributed by atoms with Crippen molar-refractivity contribution in [2.75, 3.05) is 31.1 Å². The Kier molecular flexibility index (Phi) is 4.47. The lowest BCUT2D eigenvalue weighted by Crippen LogP contribution is -2.49. The van der Waals surface area contributed by atoms with Gasteiger partial charge in [0.15, 0.2) is 0 Å². The van der Waals surface area contributed by atoms with Crippen molar-refractivity contribution in [1.82, 2.24) is 14.5 Å². The molecule has 1 saturated heterocycles. The predicted octanol–water partition coefficient (Wildman–Crippen LogP) is 3.02. The minimum absolute atomic E-state index is 0.332. The predicted molar refractivity (Wildman–Crippen MR) is 99.1 cm³/mol. The van der Waals surface area contributed by atoms with Crippen LogP contribution in [0.15, 0.2) is 36.9 Å². The van der Waals surface area contributed by atoms with Crippen LogP contribution in [-0.4, -0.2) is 46.5 Å². The van der Waals surface area contributed by atoms with Gasteiger partial charge in [0, 0.05) is 51.2 Å². The molecule has 132 valence electrons. The second-order valence-electron chi connectivity index (χ2n) is 7.31. The Bertz CT molecular complexity index is 742. The molecule has 2 aliphatic rings. The smallest absolute Gasteiger partial charge is 0.222 e. The zero-order valence-corrected chi connectivity index (χ0v) is 14.9. The van der Waals surface area contributed by atoms with Gasteiger partial charge in [-0.2, -0.15) is 0 Å². The van der Waals surface area contributed by atoms with E-state index in [1.165, 1.54) is 18.4 Å². The number of hydrogen-bond acceptors (Lipinski definition) is 3. The Morgan fingerprint density at radius 1 is 1.16 bits per heavy atom. The van der Waals surface area contributed by atoms with Gasteiger partial charge in [-0.25, -0.2) is 0 Å². The van der Waals surface area contributed by atoms with Gasteiger partial charge < -0.3 is 14.4 Å². The number of piperazine rings is 1. The van der Waals surface area contributed by atoms with Gasteiger partial charge in [-0.1, -0.05) is 12.8 Å². The van der Waals surface area contributed by atoms with Gasteiger partial charge >= 0.3 is 0 Å². The van der Waals surface area contributed by atoms with E-state index < -0.39 is 0 Å². The molecule has 1 aliphatic heterocycles. The number of amides is 1. The van der Waals surface area contributed by atoms with Crippen LogP contribution in [-0.2, 0) is 4.79 Å². The fourth-order valence-electron chi connectivity index (χ4n) is 3.58. The van der Waals surface area contributed by atoms with Gasteiger partial charge in [0.2, 0.25) is 5.91 Å². The molecule has 0 spiro atoms. The average molecular weight is 338 g/mol. The SMILES string of the molecule is Cc1ccn(-c2ccncc2N2CCN(C(=O)CCC3CC3)CC2)c1.